The molecule has 2 heterocycles. The van der Waals surface area contributed by atoms with Gasteiger partial charge in [-0.3, -0.25) is 9.98 Å². The van der Waals surface area contributed by atoms with Gasteiger partial charge in [0.05, 0.1) is 12.2 Å². The number of hydrogen-bond acceptors (Lipinski definition) is 5. The zero-order chi connectivity index (χ0) is 17.8. The van der Waals surface area contributed by atoms with Crippen molar-refractivity contribution in [3.05, 3.63) is 76.2 Å². The summed E-state index contributed by atoms with van der Waals surface area (Å²) in [6, 6.07) is 10.6. The van der Waals surface area contributed by atoms with Crippen LogP contribution in [0.3, 0.4) is 0 Å². The Morgan fingerprint density at radius 3 is 2.64 bits per heavy atom. The highest BCUT2D eigenvalue weighted by molar-refractivity contribution is 6.31. The van der Waals surface area contributed by atoms with Crippen molar-refractivity contribution in [2.75, 3.05) is 6.61 Å². The molecule has 128 valence electrons. The molecule has 1 aromatic carbocycles. The Labute approximate surface area is 151 Å². The van der Waals surface area contributed by atoms with Gasteiger partial charge in [0, 0.05) is 34.2 Å². The van der Waals surface area contributed by atoms with Crippen molar-refractivity contribution in [2.45, 2.75) is 19.9 Å². The third-order valence-electron chi connectivity index (χ3n) is 3.89. The minimum Gasteiger partial charge on any atom is -0.463 e. The van der Waals surface area contributed by atoms with Gasteiger partial charge >= 0.3 is 5.97 Å². The smallest absolute Gasteiger partial charge is 0.338 e. The molecule has 1 N–H and O–H groups in total. The second kappa shape index (κ2) is 7.49. The first-order valence-corrected chi connectivity index (χ1v) is 8.37. The van der Waals surface area contributed by atoms with E-state index in [-0.39, 0.29) is 0 Å². The molecule has 1 aliphatic rings. The van der Waals surface area contributed by atoms with Crippen LogP contribution in [-0.4, -0.2) is 23.4 Å². The van der Waals surface area contributed by atoms with E-state index in [0.29, 0.717) is 28.7 Å². The molecular formula is C19H18ClN3O2. The van der Waals surface area contributed by atoms with Crippen molar-refractivity contribution < 1.29 is 9.53 Å². The number of esters is 1. The molecule has 1 atom stereocenters. The van der Waals surface area contributed by atoms with Gasteiger partial charge in [-0.1, -0.05) is 29.8 Å². The fourth-order valence-corrected chi connectivity index (χ4v) is 2.97. The number of nitrogens with zero attached hydrogens (tertiary/aromatic N) is 2. The Morgan fingerprint density at radius 1 is 1.24 bits per heavy atom. The fraction of sp³-hybridized carbons (Fsp3) is 0.211. The lowest BCUT2D eigenvalue weighted by Gasteiger charge is -2.26. The van der Waals surface area contributed by atoms with Crippen molar-refractivity contribution in [2.24, 2.45) is 4.99 Å². The molecule has 0 saturated carbocycles. The van der Waals surface area contributed by atoms with Crippen LogP contribution in [0.4, 0.5) is 0 Å². The normalized spacial score (nSPS) is 16.9. The minimum atomic E-state index is -0.530. The van der Waals surface area contributed by atoms with Crippen LogP contribution in [0.25, 0.3) is 0 Å². The second-order valence-corrected chi connectivity index (χ2v) is 5.93. The number of aromatic nitrogens is 1. The molecule has 0 amide bonds. The number of ether oxygens (including phenoxy) is 1. The molecular weight excluding hydrogens is 338 g/mol. The highest BCUT2D eigenvalue weighted by Crippen LogP contribution is 2.35. The summed E-state index contributed by atoms with van der Waals surface area (Å²) in [5.74, 6) is 0.271. The Kier molecular flexibility index (Phi) is 5.14. The van der Waals surface area contributed by atoms with Gasteiger partial charge in [-0.25, -0.2) is 4.79 Å². The Morgan fingerprint density at radius 2 is 1.96 bits per heavy atom. The Hall–Kier alpha value is -2.66. The lowest BCUT2D eigenvalue weighted by atomic mass is 9.95. The van der Waals surface area contributed by atoms with E-state index in [2.05, 4.69) is 10.3 Å². The Balaban J connectivity index is 2.11. The van der Waals surface area contributed by atoms with E-state index < -0.39 is 12.0 Å². The monoisotopic (exact) mass is 355 g/mol. The van der Waals surface area contributed by atoms with E-state index in [0.717, 1.165) is 11.1 Å². The Bertz CT molecular complexity index is 847. The molecule has 0 bridgehead atoms. The summed E-state index contributed by atoms with van der Waals surface area (Å²) in [6.45, 7) is 3.91. The van der Waals surface area contributed by atoms with Gasteiger partial charge < -0.3 is 10.1 Å². The van der Waals surface area contributed by atoms with Crippen LogP contribution >= 0.6 is 11.6 Å². The van der Waals surface area contributed by atoms with E-state index in [1.165, 1.54) is 0 Å². The predicted octanol–water partition coefficient (Wildman–Crippen LogP) is 3.66. The molecule has 2 aromatic rings. The summed E-state index contributed by atoms with van der Waals surface area (Å²) in [5, 5.41) is 3.76. The molecule has 3 rings (SSSR count). The molecule has 0 aliphatic carbocycles. The van der Waals surface area contributed by atoms with Gasteiger partial charge in [0.2, 0.25) is 0 Å². The number of hydrogen-bond donors (Lipinski definition) is 1. The molecule has 25 heavy (non-hydrogen) atoms. The molecule has 1 aliphatic heterocycles. The standard InChI is InChI=1S/C19H18ClN3O2/c1-3-25-19(24)16-12(2)22-18(13-8-10-21-11-9-13)23-17(16)14-6-4-5-7-15(14)20/h4-11,17H,3H2,1-2H3,(H,22,23). The van der Waals surface area contributed by atoms with Gasteiger partial charge in [0.25, 0.3) is 0 Å². The predicted molar refractivity (Wildman–Crippen MR) is 97.4 cm³/mol. The van der Waals surface area contributed by atoms with E-state index in [9.17, 15) is 4.79 Å². The van der Waals surface area contributed by atoms with Gasteiger partial charge in [0.15, 0.2) is 0 Å². The summed E-state index contributed by atoms with van der Waals surface area (Å²) in [5.41, 5.74) is 2.81. The fourth-order valence-electron chi connectivity index (χ4n) is 2.73. The van der Waals surface area contributed by atoms with Gasteiger partial charge in [0.1, 0.15) is 11.9 Å². The first-order chi connectivity index (χ1) is 12.1. The van der Waals surface area contributed by atoms with Crippen LogP contribution in [-0.2, 0) is 9.53 Å². The number of halogens is 1. The van der Waals surface area contributed by atoms with Crippen LogP contribution < -0.4 is 5.32 Å². The number of nitrogens with one attached hydrogen (secondary N) is 1. The molecule has 0 radical (unpaired) electrons. The average Bonchev–Trinajstić information content (AvgIpc) is 2.62. The van der Waals surface area contributed by atoms with Crippen molar-refractivity contribution in [1.82, 2.24) is 10.3 Å². The number of carbonyl (C=O) groups excluding carboxylic acids is 1. The summed E-state index contributed by atoms with van der Waals surface area (Å²) < 4.78 is 5.23. The van der Waals surface area contributed by atoms with E-state index in [1.54, 1.807) is 25.4 Å². The van der Waals surface area contributed by atoms with Crippen molar-refractivity contribution >= 4 is 23.4 Å². The van der Waals surface area contributed by atoms with Crippen LogP contribution in [0.5, 0.6) is 0 Å². The van der Waals surface area contributed by atoms with Gasteiger partial charge in [-0.05, 0) is 32.0 Å². The SMILES string of the molecule is CCOC(=O)C1=C(C)NC(c2ccncc2)=NC1c1ccccc1Cl. The van der Waals surface area contributed by atoms with Gasteiger partial charge in [-0.2, -0.15) is 0 Å². The highest BCUT2D eigenvalue weighted by Gasteiger charge is 2.31. The quantitative estimate of drug-likeness (QED) is 0.850. The van der Waals surface area contributed by atoms with Crippen LogP contribution in [0, 0.1) is 0 Å². The zero-order valence-corrected chi connectivity index (χ0v) is 14.7. The molecule has 1 unspecified atom stereocenters. The largest absolute Gasteiger partial charge is 0.463 e. The van der Waals surface area contributed by atoms with Crippen molar-refractivity contribution in [3.8, 4) is 0 Å². The number of aliphatic imine (C=N–C) groups is 1. The number of amidine groups is 1. The third kappa shape index (κ3) is 3.56. The van der Waals surface area contributed by atoms with Crippen molar-refractivity contribution in [3.63, 3.8) is 0 Å². The van der Waals surface area contributed by atoms with E-state index in [1.807, 2.05) is 37.3 Å². The minimum absolute atomic E-state index is 0.297. The molecule has 1 aromatic heterocycles. The van der Waals surface area contributed by atoms with Crippen LogP contribution in [0.1, 0.15) is 31.0 Å². The number of pyridine rings is 1. The number of carbonyl (C=O) groups is 1. The number of rotatable bonds is 4. The summed E-state index contributed by atoms with van der Waals surface area (Å²) in [7, 11) is 0. The lowest BCUT2D eigenvalue weighted by molar-refractivity contribution is -0.138. The topological polar surface area (TPSA) is 63.6 Å². The maximum absolute atomic E-state index is 12.5. The maximum Gasteiger partial charge on any atom is 0.338 e. The van der Waals surface area contributed by atoms with Crippen LogP contribution in [0.2, 0.25) is 5.02 Å². The summed E-state index contributed by atoms with van der Waals surface area (Å²) in [6.07, 6.45) is 3.40. The number of allylic oxidation sites excluding steroid dienone is 1. The van der Waals surface area contributed by atoms with Crippen molar-refractivity contribution in [1.29, 1.82) is 0 Å². The number of benzene rings is 1. The van der Waals surface area contributed by atoms with E-state index >= 15 is 0 Å². The van der Waals surface area contributed by atoms with E-state index in [4.69, 9.17) is 21.3 Å². The molecule has 6 heteroatoms. The maximum atomic E-state index is 12.5. The average molecular weight is 356 g/mol. The zero-order valence-electron chi connectivity index (χ0n) is 14.0. The first-order valence-electron chi connectivity index (χ1n) is 7.99. The second-order valence-electron chi connectivity index (χ2n) is 5.52. The van der Waals surface area contributed by atoms with Crippen LogP contribution in [0.15, 0.2) is 65.1 Å². The summed E-state index contributed by atoms with van der Waals surface area (Å²) >= 11 is 6.37. The lowest BCUT2D eigenvalue weighted by Crippen LogP contribution is -2.32. The first kappa shape index (κ1) is 17.2. The molecule has 0 spiro atoms. The highest BCUT2D eigenvalue weighted by atomic mass is 35.5. The molecule has 5 nitrogen and oxygen atoms in total. The molecule has 0 fully saturated rings. The third-order valence-corrected chi connectivity index (χ3v) is 4.23. The van der Waals surface area contributed by atoms with Gasteiger partial charge in [-0.15, -0.1) is 0 Å². The molecule has 0 saturated heterocycles. The summed E-state index contributed by atoms with van der Waals surface area (Å²) in [4.78, 5) is 21.3.